The van der Waals surface area contributed by atoms with Crippen LogP contribution < -0.4 is 10.5 Å². The van der Waals surface area contributed by atoms with Crippen LogP contribution >= 0.6 is 15.9 Å². The maximum absolute atomic E-state index is 5.81. The second-order valence-corrected chi connectivity index (χ2v) is 6.25. The number of ether oxygens (including phenoxy) is 1. The van der Waals surface area contributed by atoms with Crippen LogP contribution in [0, 0.1) is 0 Å². The Morgan fingerprint density at radius 2 is 2.00 bits per heavy atom. The second kappa shape index (κ2) is 5.76. The van der Waals surface area contributed by atoms with Crippen LogP contribution in [-0.4, -0.2) is 26.7 Å². The highest BCUT2D eigenvalue weighted by Gasteiger charge is 2.13. The molecule has 0 radical (unpaired) electrons. The minimum Gasteiger partial charge on any atom is -0.496 e. The van der Waals surface area contributed by atoms with Crippen LogP contribution in [0.2, 0.25) is 0 Å². The number of aromatic nitrogens is 4. The van der Waals surface area contributed by atoms with Gasteiger partial charge in [-0.1, -0.05) is 18.2 Å². The van der Waals surface area contributed by atoms with Gasteiger partial charge in [0.25, 0.3) is 0 Å². The predicted octanol–water partition coefficient (Wildman–Crippen LogP) is 3.22. The number of hydrogen-bond acceptors (Lipinski definition) is 5. The van der Waals surface area contributed by atoms with Gasteiger partial charge in [0.05, 0.1) is 17.1 Å². The molecule has 4 aromatic rings. The Hall–Kier alpha value is -2.67. The molecule has 0 saturated carbocycles. The van der Waals surface area contributed by atoms with Crippen LogP contribution in [0.4, 0.5) is 5.95 Å². The fourth-order valence-corrected chi connectivity index (χ4v) is 3.33. The Bertz CT molecular complexity index is 1060. The molecule has 2 heterocycles. The number of nitrogens with two attached hydrogens (primary N) is 1. The first-order chi connectivity index (χ1) is 11.7. The van der Waals surface area contributed by atoms with Crippen molar-refractivity contribution in [2.24, 2.45) is 0 Å². The molecule has 0 fully saturated rings. The molecule has 0 aliphatic carbocycles. The van der Waals surface area contributed by atoms with E-state index < -0.39 is 0 Å². The Morgan fingerprint density at radius 3 is 2.79 bits per heavy atom. The summed E-state index contributed by atoms with van der Waals surface area (Å²) in [4.78, 5) is 9.09. The predicted molar refractivity (Wildman–Crippen MR) is 96.2 cm³/mol. The van der Waals surface area contributed by atoms with Gasteiger partial charge in [-0.05, 0) is 45.8 Å². The first-order valence-corrected chi connectivity index (χ1v) is 8.17. The minimum atomic E-state index is 0.241. The monoisotopic (exact) mass is 383 g/mol. The Kier molecular flexibility index (Phi) is 3.57. The van der Waals surface area contributed by atoms with E-state index in [0.29, 0.717) is 6.42 Å². The maximum Gasteiger partial charge on any atom is 0.240 e. The average Bonchev–Trinajstić information content (AvgIpc) is 2.97. The van der Waals surface area contributed by atoms with Gasteiger partial charge < -0.3 is 10.5 Å². The zero-order valence-corrected chi connectivity index (χ0v) is 14.5. The number of anilines is 1. The van der Waals surface area contributed by atoms with Crippen molar-refractivity contribution < 1.29 is 4.74 Å². The number of methoxy groups -OCH3 is 1. The molecular weight excluding hydrogens is 370 g/mol. The summed E-state index contributed by atoms with van der Waals surface area (Å²) in [5.74, 6) is 1.82. The molecule has 6 nitrogen and oxygen atoms in total. The molecule has 2 aromatic carbocycles. The van der Waals surface area contributed by atoms with Crippen molar-refractivity contribution in [3.05, 3.63) is 58.3 Å². The summed E-state index contributed by atoms with van der Waals surface area (Å²) in [5, 5.41) is 5.23. The van der Waals surface area contributed by atoms with Crippen molar-refractivity contribution in [2.75, 3.05) is 12.8 Å². The van der Waals surface area contributed by atoms with Gasteiger partial charge in [0.15, 0.2) is 5.65 Å². The quantitative estimate of drug-likeness (QED) is 0.587. The van der Waals surface area contributed by atoms with Crippen molar-refractivity contribution in [2.45, 2.75) is 6.42 Å². The number of halogens is 1. The largest absolute Gasteiger partial charge is 0.496 e. The Balaban J connectivity index is 1.87. The lowest BCUT2D eigenvalue weighted by Gasteiger charge is -2.08. The number of hydrogen-bond donors (Lipinski definition) is 1. The summed E-state index contributed by atoms with van der Waals surface area (Å²) in [7, 11) is 1.65. The van der Waals surface area contributed by atoms with Crippen LogP contribution in [0.15, 0.2) is 46.9 Å². The fourth-order valence-electron chi connectivity index (χ4n) is 2.75. The van der Waals surface area contributed by atoms with E-state index in [-0.39, 0.29) is 5.95 Å². The van der Waals surface area contributed by atoms with E-state index in [2.05, 4.69) is 26.0 Å². The van der Waals surface area contributed by atoms with Gasteiger partial charge in [-0.25, -0.2) is 4.98 Å². The van der Waals surface area contributed by atoms with E-state index in [1.54, 1.807) is 11.6 Å². The topological polar surface area (TPSA) is 78.3 Å². The third-order valence-corrected chi connectivity index (χ3v) is 4.46. The molecule has 0 aliphatic heterocycles. The summed E-state index contributed by atoms with van der Waals surface area (Å²) < 4.78 is 7.89. The van der Waals surface area contributed by atoms with Crippen LogP contribution in [0.25, 0.3) is 16.6 Å². The number of rotatable bonds is 3. The van der Waals surface area contributed by atoms with Crippen molar-refractivity contribution in [3.8, 4) is 5.75 Å². The van der Waals surface area contributed by atoms with Crippen LogP contribution in [0.1, 0.15) is 11.4 Å². The summed E-state index contributed by atoms with van der Waals surface area (Å²) in [6, 6.07) is 13.8. The Labute approximate surface area is 146 Å². The van der Waals surface area contributed by atoms with Crippen LogP contribution in [-0.2, 0) is 6.42 Å². The molecule has 0 saturated heterocycles. The van der Waals surface area contributed by atoms with Crippen molar-refractivity contribution in [3.63, 3.8) is 0 Å². The molecule has 4 rings (SSSR count). The molecule has 0 atom stereocenters. The van der Waals surface area contributed by atoms with E-state index in [9.17, 15) is 0 Å². The summed E-state index contributed by atoms with van der Waals surface area (Å²) in [5.41, 5.74) is 8.49. The lowest BCUT2D eigenvalue weighted by molar-refractivity contribution is 0.412. The number of nitrogen functional groups attached to an aromatic ring is 1. The third-order valence-electron chi connectivity index (χ3n) is 3.84. The van der Waals surface area contributed by atoms with E-state index in [0.717, 1.165) is 38.2 Å². The average molecular weight is 384 g/mol. The summed E-state index contributed by atoms with van der Waals surface area (Å²) in [6.07, 6.45) is 0.604. The smallest absolute Gasteiger partial charge is 0.240 e. The first kappa shape index (κ1) is 14.9. The molecule has 24 heavy (non-hydrogen) atoms. The molecule has 7 heteroatoms. The summed E-state index contributed by atoms with van der Waals surface area (Å²) >= 11 is 3.51. The molecule has 2 aromatic heterocycles. The zero-order valence-electron chi connectivity index (χ0n) is 12.9. The summed E-state index contributed by atoms with van der Waals surface area (Å²) in [6.45, 7) is 0. The van der Waals surface area contributed by atoms with Gasteiger partial charge in [-0.2, -0.15) is 9.50 Å². The molecule has 120 valence electrons. The molecule has 0 bridgehead atoms. The lowest BCUT2D eigenvalue weighted by Crippen LogP contribution is -2.05. The number of nitrogens with zero attached hydrogens (tertiary/aromatic N) is 4. The number of benzene rings is 2. The van der Waals surface area contributed by atoms with Gasteiger partial charge in [0, 0.05) is 11.8 Å². The van der Waals surface area contributed by atoms with E-state index in [1.807, 2.05) is 42.5 Å². The molecular formula is C17H14BrN5O. The standard InChI is InChI=1S/C17H14BrN5O/c1-24-14-7-6-10(8-12(14)18)9-15-20-13-5-3-2-4-11(13)16-21-17(19)22-23(15)16/h2-8H,9H2,1H3,(H2,19,22). The molecule has 0 aliphatic rings. The molecule has 0 unspecified atom stereocenters. The highest BCUT2D eigenvalue weighted by atomic mass is 79.9. The number of fused-ring (bicyclic) bond motifs is 3. The molecule has 2 N–H and O–H groups in total. The SMILES string of the molecule is COc1ccc(Cc2nc3ccccc3c3nc(N)nn23)cc1Br. The highest BCUT2D eigenvalue weighted by Crippen LogP contribution is 2.27. The molecule has 0 amide bonds. The van der Waals surface area contributed by atoms with Crippen LogP contribution in [0.5, 0.6) is 5.75 Å². The first-order valence-electron chi connectivity index (χ1n) is 7.38. The van der Waals surface area contributed by atoms with Crippen molar-refractivity contribution in [1.29, 1.82) is 0 Å². The van der Waals surface area contributed by atoms with Gasteiger partial charge >= 0.3 is 0 Å². The van der Waals surface area contributed by atoms with Gasteiger partial charge in [0.2, 0.25) is 5.95 Å². The second-order valence-electron chi connectivity index (χ2n) is 5.40. The Morgan fingerprint density at radius 1 is 1.17 bits per heavy atom. The minimum absolute atomic E-state index is 0.241. The van der Waals surface area contributed by atoms with E-state index in [4.69, 9.17) is 15.5 Å². The zero-order chi connectivity index (χ0) is 16.7. The third kappa shape index (κ3) is 2.46. The highest BCUT2D eigenvalue weighted by molar-refractivity contribution is 9.10. The van der Waals surface area contributed by atoms with Gasteiger partial charge in [-0.15, -0.1) is 5.10 Å². The fraction of sp³-hybridized carbons (Fsp3) is 0.118. The van der Waals surface area contributed by atoms with Gasteiger partial charge in [-0.3, -0.25) is 0 Å². The normalized spacial score (nSPS) is 11.2. The maximum atomic E-state index is 5.81. The van der Waals surface area contributed by atoms with E-state index in [1.165, 1.54) is 0 Å². The van der Waals surface area contributed by atoms with Crippen molar-refractivity contribution >= 4 is 38.4 Å². The van der Waals surface area contributed by atoms with Gasteiger partial charge in [0.1, 0.15) is 11.6 Å². The molecule has 0 spiro atoms. The lowest BCUT2D eigenvalue weighted by atomic mass is 10.1. The van der Waals surface area contributed by atoms with E-state index >= 15 is 0 Å². The number of para-hydroxylation sites is 1. The van der Waals surface area contributed by atoms with Crippen molar-refractivity contribution in [1.82, 2.24) is 19.6 Å². The van der Waals surface area contributed by atoms with Crippen LogP contribution in [0.3, 0.4) is 0 Å².